The normalized spacial score (nSPS) is 14.9. The number of nitrogens with one attached hydrogen (secondary N) is 3. The Morgan fingerprint density at radius 2 is 1.76 bits per heavy atom. The fourth-order valence-electron chi connectivity index (χ4n) is 0.949. The molecule has 0 unspecified atom stereocenters. The molecule has 3 amide bonds. The lowest BCUT2D eigenvalue weighted by atomic mass is 10.4. The van der Waals surface area contributed by atoms with Crippen molar-refractivity contribution >= 4 is 17.7 Å². The Bertz CT molecular complexity index is 370. The summed E-state index contributed by atoms with van der Waals surface area (Å²) in [6.07, 6.45) is 7.98. The zero-order valence-electron chi connectivity index (χ0n) is 9.53. The van der Waals surface area contributed by atoms with Gasteiger partial charge in [-0.25, -0.2) is 0 Å². The highest BCUT2D eigenvalue weighted by atomic mass is 16.2. The minimum absolute atomic E-state index is 0.110. The Hall–Kier alpha value is -2.11. The summed E-state index contributed by atoms with van der Waals surface area (Å²) in [7, 11) is 0. The highest BCUT2D eigenvalue weighted by Crippen LogP contribution is 2.18. The molecule has 0 radical (unpaired) electrons. The molecule has 1 aliphatic rings. The predicted octanol–water partition coefficient (Wildman–Crippen LogP) is -0.455. The third kappa shape index (κ3) is 5.50. The van der Waals surface area contributed by atoms with Crippen LogP contribution in [0.3, 0.4) is 0 Å². The van der Waals surface area contributed by atoms with Crippen molar-refractivity contribution in [3.63, 3.8) is 0 Å². The van der Waals surface area contributed by atoms with Crippen molar-refractivity contribution in [2.75, 3.05) is 0 Å². The summed E-state index contributed by atoms with van der Waals surface area (Å²) in [5, 5.41) is 2.50. The number of rotatable bonds is 3. The summed E-state index contributed by atoms with van der Waals surface area (Å²) in [6.45, 7) is 1.81. The molecule has 92 valence electrons. The van der Waals surface area contributed by atoms with Crippen LogP contribution in [0.2, 0.25) is 0 Å². The molecule has 1 rings (SSSR count). The SMILES string of the molecule is C/C=C/C=C/C(=O)NNC(=O)C(=O)NC1CC1. The molecule has 0 aromatic rings. The molecule has 6 nitrogen and oxygen atoms in total. The highest BCUT2D eigenvalue weighted by Gasteiger charge is 2.26. The van der Waals surface area contributed by atoms with Gasteiger partial charge in [-0.2, -0.15) is 0 Å². The lowest BCUT2D eigenvalue weighted by molar-refractivity contribution is -0.140. The van der Waals surface area contributed by atoms with Crippen molar-refractivity contribution in [3.8, 4) is 0 Å². The number of allylic oxidation sites excluding steroid dienone is 3. The van der Waals surface area contributed by atoms with Crippen LogP contribution in [0.4, 0.5) is 0 Å². The van der Waals surface area contributed by atoms with E-state index in [9.17, 15) is 14.4 Å². The largest absolute Gasteiger partial charge is 0.345 e. The Morgan fingerprint density at radius 1 is 1.06 bits per heavy atom. The maximum absolute atomic E-state index is 11.2. The van der Waals surface area contributed by atoms with Crippen molar-refractivity contribution < 1.29 is 14.4 Å². The van der Waals surface area contributed by atoms with Gasteiger partial charge in [-0.3, -0.25) is 25.2 Å². The smallest absolute Gasteiger partial charge is 0.327 e. The number of amides is 3. The Morgan fingerprint density at radius 3 is 2.35 bits per heavy atom. The van der Waals surface area contributed by atoms with Gasteiger partial charge in [0.2, 0.25) is 0 Å². The molecule has 3 N–H and O–H groups in total. The molecule has 0 spiro atoms. The standard InChI is InChI=1S/C11H15N3O3/c1-2-3-4-5-9(15)13-14-11(17)10(16)12-8-6-7-8/h2-5,8H,6-7H2,1H3,(H,12,16)(H,13,15)(H,14,17)/b3-2+,5-4+. The minimum Gasteiger partial charge on any atom is -0.345 e. The molecule has 0 bridgehead atoms. The van der Waals surface area contributed by atoms with Gasteiger partial charge < -0.3 is 5.32 Å². The van der Waals surface area contributed by atoms with E-state index in [0.717, 1.165) is 12.8 Å². The Balaban J connectivity index is 2.21. The van der Waals surface area contributed by atoms with Gasteiger partial charge in [0, 0.05) is 12.1 Å². The van der Waals surface area contributed by atoms with Crippen LogP contribution in [0.15, 0.2) is 24.3 Å². The summed E-state index contributed by atoms with van der Waals surface area (Å²) in [4.78, 5) is 33.4. The maximum Gasteiger partial charge on any atom is 0.327 e. The second-order valence-corrected chi connectivity index (χ2v) is 3.58. The monoisotopic (exact) mass is 237 g/mol. The number of carbonyl (C=O) groups is 3. The van der Waals surface area contributed by atoms with Gasteiger partial charge in [0.1, 0.15) is 0 Å². The van der Waals surface area contributed by atoms with E-state index in [-0.39, 0.29) is 6.04 Å². The van der Waals surface area contributed by atoms with Gasteiger partial charge in [-0.15, -0.1) is 0 Å². The molecule has 17 heavy (non-hydrogen) atoms. The molecule has 0 aromatic carbocycles. The Kier molecular flexibility index (Phi) is 4.93. The highest BCUT2D eigenvalue weighted by molar-refractivity contribution is 6.35. The number of hydrazine groups is 1. The first kappa shape index (κ1) is 13.0. The van der Waals surface area contributed by atoms with E-state index in [1.165, 1.54) is 12.2 Å². The van der Waals surface area contributed by atoms with Crippen molar-refractivity contribution in [3.05, 3.63) is 24.3 Å². The van der Waals surface area contributed by atoms with Crippen LogP contribution in [0.1, 0.15) is 19.8 Å². The topological polar surface area (TPSA) is 87.3 Å². The Labute approximate surface area is 99.1 Å². The third-order valence-corrected chi connectivity index (χ3v) is 1.97. The molecule has 1 fully saturated rings. The fraction of sp³-hybridized carbons (Fsp3) is 0.364. The quantitative estimate of drug-likeness (QED) is 0.269. The molecule has 0 aromatic heterocycles. The lowest BCUT2D eigenvalue weighted by Gasteiger charge is -2.04. The van der Waals surface area contributed by atoms with E-state index in [1.807, 2.05) is 12.3 Å². The van der Waals surface area contributed by atoms with Gasteiger partial charge in [0.05, 0.1) is 0 Å². The second-order valence-electron chi connectivity index (χ2n) is 3.58. The average Bonchev–Trinajstić information content (AvgIpc) is 3.10. The molecule has 1 aliphatic carbocycles. The summed E-state index contributed by atoms with van der Waals surface area (Å²) >= 11 is 0. The molecule has 0 saturated heterocycles. The fourth-order valence-corrected chi connectivity index (χ4v) is 0.949. The zero-order chi connectivity index (χ0) is 12.7. The minimum atomic E-state index is -0.871. The average molecular weight is 237 g/mol. The first-order chi connectivity index (χ1) is 8.13. The van der Waals surface area contributed by atoms with Crippen molar-refractivity contribution in [2.45, 2.75) is 25.8 Å². The van der Waals surface area contributed by atoms with E-state index in [1.54, 1.807) is 12.2 Å². The van der Waals surface area contributed by atoms with Crippen LogP contribution in [0, 0.1) is 0 Å². The molecule has 0 heterocycles. The first-order valence-electron chi connectivity index (χ1n) is 5.33. The summed E-state index contributed by atoms with van der Waals surface area (Å²) in [6, 6.07) is 0.110. The molecule has 0 aliphatic heterocycles. The summed E-state index contributed by atoms with van der Waals surface area (Å²) in [5.74, 6) is -2.11. The number of hydrogen-bond acceptors (Lipinski definition) is 3. The van der Waals surface area contributed by atoms with Crippen LogP contribution in [0.5, 0.6) is 0 Å². The van der Waals surface area contributed by atoms with Gasteiger partial charge >= 0.3 is 11.8 Å². The van der Waals surface area contributed by atoms with E-state index >= 15 is 0 Å². The van der Waals surface area contributed by atoms with Gasteiger partial charge in [-0.05, 0) is 19.8 Å². The molecule has 0 atom stereocenters. The maximum atomic E-state index is 11.2. The van der Waals surface area contributed by atoms with Crippen LogP contribution in [-0.2, 0) is 14.4 Å². The predicted molar refractivity (Wildman–Crippen MR) is 61.4 cm³/mol. The number of hydrogen-bond donors (Lipinski definition) is 3. The van der Waals surface area contributed by atoms with Crippen molar-refractivity contribution in [2.24, 2.45) is 0 Å². The molecule has 1 saturated carbocycles. The van der Waals surface area contributed by atoms with E-state index in [4.69, 9.17) is 0 Å². The third-order valence-electron chi connectivity index (χ3n) is 1.97. The van der Waals surface area contributed by atoms with E-state index in [2.05, 4.69) is 10.7 Å². The van der Waals surface area contributed by atoms with E-state index < -0.39 is 17.7 Å². The second kappa shape index (κ2) is 6.47. The van der Waals surface area contributed by atoms with Gasteiger partial charge in [-0.1, -0.05) is 18.2 Å². The first-order valence-corrected chi connectivity index (χ1v) is 5.33. The zero-order valence-corrected chi connectivity index (χ0v) is 9.53. The van der Waals surface area contributed by atoms with Crippen LogP contribution in [0.25, 0.3) is 0 Å². The molecular formula is C11H15N3O3. The summed E-state index contributed by atoms with van der Waals surface area (Å²) in [5.41, 5.74) is 4.11. The van der Waals surface area contributed by atoms with Crippen LogP contribution in [-0.4, -0.2) is 23.8 Å². The molecular weight excluding hydrogens is 222 g/mol. The summed E-state index contributed by atoms with van der Waals surface area (Å²) < 4.78 is 0. The lowest BCUT2D eigenvalue weighted by Crippen LogP contribution is -2.48. The molecule has 6 heteroatoms. The van der Waals surface area contributed by atoms with Gasteiger partial charge in [0.15, 0.2) is 0 Å². The number of carbonyl (C=O) groups excluding carboxylic acids is 3. The van der Waals surface area contributed by atoms with Crippen molar-refractivity contribution in [1.82, 2.24) is 16.2 Å². The van der Waals surface area contributed by atoms with E-state index in [0.29, 0.717) is 0 Å². The van der Waals surface area contributed by atoms with Crippen molar-refractivity contribution in [1.29, 1.82) is 0 Å². The van der Waals surface area contributed by atoms with Crippen LogP contribution < -0.4 is 16.2 Å². The van der Waals surface area contributed by atoms with Crippen LogP contribution >= 0.6 is 0 Å². The van der Waals surface area contributed by atoms with Gasteiger partial charge in [0.25, 0.3) is 5.91 Å².